The van der Waals surface area contributed by atoms with E-state index in [1.54, 1.807) is 4.31 Å². The van der Waals surface area contributed by atoms with Crippen LogP contribution in [-0.2, 0) is 10.0 Å². The SMILES string of the molecule is CS(=O)(=O)N1CCC(=Cc2ccccc2)CC1. The van der Waals surface area contributed by atoms with Gasteiger partial charge in [0.15, 0.2) is 0 Å². The number of piperidine rings is 1. The Bertz CT molecular complexity index is 495. The van der Waals surface area contributed by atoms with Crippen LogP contribution in [0.4, 0.5) is 0 Å². The molecule has 1 saturated heterocycles. The van der Waals surface area contributed by atoms with Gasteiger partial charge in [0.25, 0.3) is 0 Å². The van der Waals surface area contributed by atoms with Crippen molar-refractivity contribution in [2.75, 3.05) is 19.3 Å². The highest BCUT2D eigenvalue weighted by Gasteiger charge is 2.20. The Morgan fingerprint density at radius 2 is 1.71 bits per heavy atom. The first-order valence-electron chi connectivity index (χ1n) is 5.75. The molecule has 0 unspecified atom stereocenters. The van der Waals surface area contributed by atoms with E-state index in [1.165, 1.54) is 17.4 Å². The molecule has 0 radical (unpaired) electrons. The molecular formula is C13H17NO2S. The molecule has 17 heavy (non-hydrogen) atoms. The maximum Gasteiger partial charge on any atom is 0.211 e. The summed E-state index contributed by atoms with van der Waals surface area (Å²) in [6.45, 7) is 1.22. The van der Waals surface area contributed by atoms with Crippen LogP contribution >= 0.6 is 0 Å². The lowest BCUT2D eigenvalue weighted by Gasteiger charge is -2.26. The van der Waals surface area contributed by atoms with E-state index in [-0.39, 0.29) is 0 Å². The number of sulfonamides is 1. The third-order valence-corrected chi connectivity index (χ3v) is 4.31. The van der Waals surface area contributed by atoms with Crippen molar-refractivity contribution in [1.29, 1.82) is 0 Å². The molecule has 0 aromatic heterocycles. The van der Waals surface area contributed by atoms with Crippen LogP contribution in [0.1, 0.15) is 18.4 Å². The lowest BCUT2D eigenvalue weighted by molar-refractivity contribution is 0.391. The van der Waals surface area contributed by atoms with E-state index < -0.39 is 10.0 Å². The average Bonchev–Trinajstić information content (AvgIpc) is 2.30. The number of hydrogen-bond acceptors (Lipinski definition) is 2. The van der Waals surface area contributed by atoms with Crippen LogP contribution in [0.15, 0.2) is 35.9 Å². The fourth-order valence-electron chi connectivity index (χ4n) is 2.03. The monoisotopic (exact) mass is 251 g/mol. The number of benzene rings is 1. The Labute approximate surface area is 103 Å². The van der Waals surface area contributed by atoms with Crippen molar-refractivity contribution in [3.63, 3.8) is 0 Å². The Morgan fingerprint density at radius 1 is 1.12 bits per heavy atom. The fourth-order valence-corrected chi connectivity index (χ4v) is 2.88. The quantitative estimate of drug-likeness (QED) is 0.807. The molecule has 0 aliphatic carbocycles. The van der Waals surface area contributed by atoms with Crippen LogP contribution in [-0.4, -0.2) is 32.1 Å². The topological polar surface area (TPSA) is 37.4 Å². The van der Waals surface area contributed by atoms with Crippen LogP contribution in [0.25, 0.3) is 6.08 Å². The highest BCUT2D eigenvalue weighted by atomic mass is 32.2. The van der Waals surface area contributed by atoms with Gasteiger partial charge >= 0.3 is 0 Å². The maximum atomic E-state index is 11.4. The zero-order chi connectivity index (χ0) is 12.3. The Hall–Kier alpha value is -1.13. The summed E-state index contributed by atoms with van der Waals surface area (Å²) in [6.07, 6.45) is 5.11. The zero-order valence-corrected chi connectivity index (χ0v) is 10.8. The van der Waals surface area contributed by atoms with Crippen LogP contribution in [0.5, 0.6) is 0 Å². The summed E-state index contributed by atoms with van der Waals surface area (Å²) in [5.41, 5.74) is 2.52. The maximum absolute atomic E-state index is 11.4. The molecule has 4 heteroatoms. The average molecular weight is 251 g/mol. The largest absolute Gasteiger partial charge is 0.213 e. The lowest BCUT2D eigenvalue weighted by Crippen LogP contribution is -2.35. The van der Waals surface area contributed by atoms with Gasteiger partial charge < -0.3 is 0 Å². The molecule has 0 spiro atoms. The van der Waals surface area contributed by atoms with Crippen molar-refractivity contribution in [2.45, 2.75) is 12.8 Å². The van der Waals surface area contributed by atoms with Gasteiger partial charge in [-0.15, -0.1) is 0 Å². The van der Waals surface area contributed by atoms with Crippen LogP contribution in [0.2, 0.25) is 0 Å². The summed E-state index contributed by atoms with van der Waals surface area (Å²) in [5.74, 6) is 0. The van der Waals surface area contributed by atoms with E-state index in [9.17, 15) is 8.42 Å². The fraction of sp³-hybridized carbons (Fsp3) is 0.385. The second-order valence-electron chi connectivity index (χ2n) is 4.38. The minimum atomic E-state index is -3.02. The molecule has 1 aliphatic rings. The van der Waals surface area contributed by atoms with E-state index in [2.05, 4.69) is 18.2 Å². The third-order valence-electron chi connectivity index (χ3n) is 3.00. The second kappa shape index (κ2) is 5.02. The summed E-state index contributed by atoms with van der Waals surface area (Å²) < 4.78 is 24.3. The molecular weight excluding hydrogens is 234 g/mol. The summed E-state index contributed by atoms with van der Waals surface area (Å²) >= 11 is 0. The molecule has 1 aromatic rings. The van der Waals surface area contributed by atoms with Crippen LogP contribution in [0.3, 0.4) is 0 Å². The van der Waals surface area contributed by atoms with E-state index >= 15 is 0 Å². The van der Waals surface area contributed by atoms with Gasteiger partial charge in [0.2, 0.25) is 10.0 Å². The van der Waals surface area contributed by atoms with Gasteiger partial charge in [-0.25, -0.2) is 12.7 Å². The minimum Gasteiger partial charge on any atom is -0.213 e. The molecule has 0 saturated carbocycles. The number of hydrogen-bond donors (Lipinski definition) is 0. The van der Waals surface area contributed by atoms with E-state index in [4.69, 9.17) is 0 Å². The molecule has 0 atom stereocenters. The van der Waals surface area contributed by atoms with Crippen molar-refractivity contribution >= 4 is 16.1 Å². The molecule has 0 bridgehead atoms. The third kappa shape index (κ3) is 3.41. The van der Waals surface area contributed by atoms with Crippen molar-refractivity contribution in [2.24, 2.45) is 0 Å². The van der Waals surface area contributed by atoms with E-state index in [1.807, 2.05) is 18.2 Å². The molecule has 3 nitrogen and oxygen atoms in total. The molecule has 92 valence electrons. The first-order valence-corrected chi connectivity index (χ1v) is 7.60. The molecule has 0 N–H and O–H groups in total. The lowest BCUT2D eigenvalue weighted by atomic mass is 10.0. The van der Waals surface area contributed by atoms with Crippen LogP contribution < -0.4 is 0 Å². The Balaban J connectivity index is 2.03. The predicted molar refractivity (Wildman–Crippen MR) is 70.1 cm³/mol. The van der Waals surface area contributed by atoms with Crippen molar-refractivity contribution in [1.82, 2.24) is 4.31 Å². The molecule has 2 rings (SSSR count). The van der Waals surface area contributed by atoms with Gasteiger partial charge in [-0.1, -0.05) is 42.0 Å². The van der Waals surface area contributed by atoms with E-state index in [0.717, 1.165) is 12.8 Å². The second-order valence-corrected chi connectivity index (χ2v) is 6.36. The number of nitrogens with zero attached hydrogens (tertiary/aromatic N) is 1. The summed E-state index contributed by atoms with van der Waals surface area (Å²) in [4.78, 5) is 0. The summed E-state index contributed by atoms with van der Waals surface area (Å²) in [7, 11) is -3.02. The first-order chi connectivity index (χ1) is 8.05. The Morgan fingerprint density at radius 3 is 2.24 bits per heavy atom. The normalized spacial score (nSPS) is 18.1. The predicted octanol–water partition coefficient (Wildman–Crippen LogP) is 2.13. The standard InChI is InChI=1S/C13H17NO2S/c1-17(15,16)14-9-7-13(8-10-14)11-12-5-3-2-4-6-12/h2-6,11H,7-10H2,1H3. The van der Waals surface area contributed by atoms with Crippen LogP contribution in [0, 0.1) is 0 Å². The van der Waals surface area contributed by atoms with Gasteiger partial charge in [0.1, 0.15) is 0 Å². The van der Waals surface area contributed by atoms with Crippen molar-refractivity contribution in [3.8, 4) is 0 Å². The Kier molecular flexibility index (Phi) is 3.64. The molecule has 1 fully saturated rings. The van der Waals surface area contributed by atoms with Gasteiger partial charge in [0, 0.05) is 13.1 Å². The molecule has 0 amide bonds. The van der Waals surface area contributed by atoms with Crippen molar-refractivity contribution in [3.05, 3.63) is 41.5 Å². The molecule has 1 aromatic carbocycles. The summed E-state index contributed by atoms with van der Waals surface area (Å²) in [6, 6.07) is 10.1. The van der Waals surface area contributed by atoms with Gasteiger partial charge in [-0.3, -0.25) is 0 Å². The van der Waals surface area contributed by atoms with Gasteiger partial charge in [-0.2, -0.15) is 0 Å². The highest BCUT2D eigenvalue weighted by Crippen LogP contribution is 2.20. The summed E-state index contributed by atoms with van der Waals surface area (Å²) in [5, 5.41) is 0. The zero-order valence-electron chi connectivity index (χ0n) is 9.96. The van der Waals surface area contributed by atoms with Crippen molar-refractivity contribution < 1.29 is 8.42 Å². The highest BCUT2D eigenvalue weighted by molar-refractivity contribution is 7.88. The number of rotatable bonds is 2. The van der Waals surface area contributed by atoms with Gasteiger partial charge in [0.05, 0.1) is 6.26 Å². The minimum absolute atomic E-state index is 0.609. The smallest absolute Gasteiger partial charge is 0.211 e. The first kappa shape index (κ1) is 12.3. The molecule has 1 heterocycles. The van der Waals surface area contributed by atoms with E-state index in [0.29, 0.717) is 13.1 Å². The molecule has 1 aliphatic heterocycles. The van der Waals surface area contributed by atoms with Gasteiger partial charge in [-0.05, 0) is 18.4 Å².